The average Bonchev–Trinajstić information content (AvgIpc) is 2.62. The number of aryl methyl sites for hydroxylation is 2. The molecule has 5 nitrogen and oxygen atoms in total. The number of amides is 1. The summed E-state index contributed by atoms with van der Waals surface area (Å²) in [5, 5.41) is 5.43. The fourth-order valence-electron chi connectivity index (χ4n) is 2.64. The third-order valence-corrected chi connectivity index (χ3v) is 4.23. The molecule has 0 saturated heterocycles. The van der Waals surface area contributed by atoms with Crippen LogP contribution < -0.4 is 10.6 Å². The highest BCUT2D eigenvalue weighted by atomic mass is 35.5. The molecule has 1 aromatic heterocycles. The topological polar surface area (TPSA) is 66.9 Å². The lowest BCUT2D eigenvalue weighted by molar-refractivity contribution is -0.137. The summed E-state index contributed by atoms with van der Waals surface area (Å²) in [6, 6.07) is 11.0. The van der Waals surface area contributed by atoms with E-state index in [9.17, 15) is 18.0 Å². The quantitative estimate of drug-likeness (QED) is 0.563. The number of nitrogens with zero attached hydrogens (tertiary/aromatic N) is 2. The van der Waals surface area contributed by atoms with E-state index in [0.717, 1.165) is 29.6 Å². The Bertz CT molecular complexity index is 1050. The van der Waals surface area contributed by atoms with Gasteiger partial charge in [0.15, 0.2) is 0 Å². The number of benzene rings is 2. The van der Waals surface area contributed by atoms with Gasteiger partial charge in [-0.25, -0.2) is 9.97 Å². The van der Waals surface area contributed by atoms with Gasteiger partial charge in [-0.05, 0) is 56.3 Å². The second-order valence-electron chi connectivity index (χ2n) is 6.33. The van der Waals surface area contributed by atoms with Crippen LogP contribution in [0.2, 0.25) is 5.02 Å². The number of hydrogen-bond donors (Lipinski definition) is 2. The molecule has 1 amide bonds. The van der Waals surface area contributed by atoms with E-state index < -0.39 is 17.6 Å². The van der Waals surface area contributed by atoms with Crippen molar-refractivity contribution >= 4 is 34.8 Å². The zero-order chi connectivity index (χ0) is 21.2. The molecule has 0 aliphatic heterocycles. The van der Waals surface area contributed by atoms with Crippen molar-refractivity contribution in [2.45, 2.75) is 20.0 Å². The number of aromatic nitrogens is 2. The van der Waals surface area contributed by atoms with Crippen molar-refractivity contribution in [2.75, 3.05) is 10.6 Å². The number of rotatable bonds is 4. The number of hydrogen-bond acceptors (Lipinski definition) is 4. The lowest BCUT2D eigenvalue weighted by Gasteiger charge is -2.12. The summed E-state index contributed by atoms with van der Waals surface area (Å²) >= 11 is 5.94. The predicted octanol–water partition coefficient (Wildman–Crippen LogP) is 5.76. The van der Waals surface area contributed by atoms with E-state index >= 15 is 0 Å². The van der Waals surface area contributed by atoms with Crippen LogP contribution in [0.25, 0.3) is 0 Å². The van der Waals surface area contributed by atoms with Crippen molar-refractivity contribution in [3.8, 4) is 0 Å². The summed E-state index contributed by atoms with van der Waals surface area (Å²) in [7, 11) is 0. The highest BCUT2D eigenvalue weighted by Crippen LogP contribution is 2.34. The number of nitrogens with one attached hydrogen (secondary N) is 2. The van der Waals surface area contributed by atoms with E-state index in [1.165, 1.54) is 12.1 Å². The van der Waals surface area contributed by atoms with E-state index in [1.807, 2.05) is 19.9 Å². The van der Waals surface area contributed by atoms with Gasteiger partial charge in [0, 0.05) is 22.6 Å². The van der Waals surface area contributed by atoms with Crippen LogP contribution in [0, 0.1) is 13.8 Å². The third-order valence-electron chi connectivity index (χ3n) is 3.91. The molecule has 0 aliphatic rings. The molecule has 2 aromatic carbocycles. The van der Waals surface area contributed by atoms with Crippen molar-refractivity contribution in [2.24, 2.45) is 0 Å². The Balaban J connectivity index is 1.81. The predicted molar refractivity (Wildman–Crippen MR) is 106 cm³/mol. The minimum atomic E-state index is -4.54. The fraction of sp³-hybridized carbons (Fsp3) is 0.150. The van der Waals surface area contributed by atoms with E-state index in [-0.39, 0.29) is 16.3 Å². The maximum Gasteiger partial charge on any atom is 0.416 e. The first-order valence-corrected chi connectivity index (χ1v) is 8.87. The first kappa shape index (κ1) is 20.6. The van der Waals surface area contributed by atoms with Gasteiger partial charge >= 0.3 is 6.18 Å². The molecule has 0 spiro atoms. The highest BCUT2D eigenvalue weighted by Gasteiger charge is 2.31. The Morgan fingerprint density at radius 2 is 1.69 bits per heavy atom. The Hall–Kier alpha value is -3.13. The molecule has 2 N–H and O–H groups in total. The van der Waals surface area contributed by atoms with Gasteiger partial charge in [-0.2, -0.15) is 13.2 Å². The van der Waals surface area contributed by atoms with Crippen LogP contribution in [0.5, 0.6) is 0 Å². The van der Waals surface area contributed by atoms with Crippen LogP contribution in [-0.2, 0) is 6.18 Å². The average molecular weight is 421 g/mol. The van der Waals surface area contributed by atoms with Gasteiger partial charge in [-0.3, -0.25) is 4.79 Å². The standard InChI is InChI=1S/C20H16ClF3N4O/c1-11-8-12(2)26-19(25-11)27-15-5-3-4-13(9-15)18(29)28-17-10-14(20(22,23)24)6-7-16(17)21/h3-10H,1-2H3,(H,28,29)(H,25,26,27). The maximum absolute atomic E-state index is 12.9. The van der Waals surface area contributed by atoms with Crippen LogP contribution in [0.15, 0.2) is 48.5 Å². The number of carbonyl (C=O) groups is 1. The van der Waals surface area contributed by atoms with Crippen LogP contribution in [0.3, 0.4) is 0 Å². The van der Waals surface area contributed by atoms with Crippen molar-refractivity contribution < 1.29 is 18.0 Å². The molecule has 0 fully saturated rings. The Kier molecular flexibility index (Phi) is 5.74. The number of anilines is 3. The molecule has 3 rings (SSSR count). The zero-order valence-electron chi connectivity index (χ0n) is 15.4. The van der Waals surface area contributed by atoms with Crippen molar-refractivity contribution in [1.82, 2.24) is 9.97 Å². The van der Waals surface area contributed by atoms with Crippen molar-refractivity contribution in [1.29, 1.82) is 0 Å². The first-order chi connectivity index (χ1) is 13.6. The van der Waals surface area contributed by atoms with Crippen molar-refractivity contribution in [3.63, 3.8) is 0 Å². The smallest absolute Gasteiger partial charge is 0.324 e. The molecule has 1 heterocycles. The second-order valence-corrected chi connectivity index (χ2v) is 6.73. The van der Waals surface area contributed by atoms with Gasteiger partial charge in [-0.15, -0.1) is 0 Å². The Morgan fingerprint density at radius 1 is 1.00 bits per heavy atom. The molecular weight excluding hydrogens is 405 g/mol. The lowest BCUT2D eigenvalue weighted by Crippen LogP contribution is -2.14. The molecule has 0 bridgehead atoms. The largest absolute Gasteiger partial charge is 0.416 e. The lowest BCUT2D eigenvalue weighted by atomic mass is 10.1. The summed E-state index contributed by atoms with van der Waals surface area (Å²) in [5.74, 6) is -0.225. The summed E-state index contributed by atoms with van der Waals surface area (Å²) in [5.41, 5.74) is 1.33. The summed E-state index contributed by atoms with van der Waals surface area (Å²) in [6.07, 6.45) is -4.54. The third kappa shape index (κ3) is 5.23. The minimum absolute atomic E-state index is 0.00395. The van der Waals surface area contributed by atoms with Gasteiger partial charge in [0.25, 0.3) is 5.91 Å². The fourth-order valence-corrected chi connectivity index (χ4v) is 2.81. The molecule has 29 heavy (non-hydrogen) atoms. The van der Waals surface area contributed by atoms with E-state index in [2.05, 4.69) is 20.6 Å². The monoisotopic (exact) mass is 420 g/mol. The molecule has 0 unspecified atom stereocenters. The van der Waals surface area contributed by atoms with Gasteiger partial charge in [0.2, 0.25) is 5.95 Å². The number of carbonyl (C=O) groups excluding carboxylic acids is 1. The molecular formula is C20H16ClF3N4O. The Morgan fingerprint density at radius 3 is 2.34 bits per heavy atom. The molecule has 0 atom stereocenters. The molecule has 0 aliphatic carbocycles. The van der Waals surface area contributed by atoms with Gasteiger partial charge in [0.05, 0.1) is 16.3 Å². The molecule has 9 heteroatoms. The van der Waals surface area contributed by atoms with Crippen LogP contribution >= 0.6 is 11.6 Å². The summed E-state index contributed by atoms with van der Waals surface area (Å²) < 4.78 is 38.7. The van der Waals surface area contributed by atoms with Crippen molar-refractivity contribution in [3.05, 3.63) is 76.1 Å². The van der Waals surface area contributed by atoms with Crippen LogP contribution in [0.1, 0.15) is 27.3 Å². The van der Waals surface area contributed by atoms with E-state index in [1.54, 1.807) is 12.1 Å². The SMILES string of the molecule is Cc1cc(C)nc(Nc2cccc(C(=O)Nc3cc(C(F)(F)F)ccc3Cl)c2)n1. The van der Waals surface area contributed by atoms with Gasteiger partial charge in [0.1, 0.15) is 0 Å². The maximum atomic E-state index is 12.9. The number of halogens is 4. The number of alkyl halides is 3. The van der Waals surface area contributed by atoms with Gasteiger partial charge < -0.3 is 10.6 Å². The van der Waals surface area contributed by atoms with E-state index in [4.69, 9.17) is 11.6 Å². The minimum Gasteiger partial charge on any atom is -0.324 e. The summed E-state index contributed by atoms with van der Waals surface area (Å²) in [6.45, 7) is 3.67. The van der Waals surface area contributed by atoms with Crippen LogP contribution in [0.4, 0.5) is 30.5 Å². The summed E-state index contributed by atoms with van der Waals surface area (Å²) in [4.78, 5) is 21.1. The zero-order valence-corrected chi connectivity index (χ0v) is 16.2. The molecule has 0 saturated carbocycles. The highest BCUT2D eigenvalue weighted by molar-refractivity contribution is 6.34. The molecule has 0 radical (unpaired) electrons. The normalized spacial score (nSPS) is 11.2. The molecule has 150 valence electrons. The van der Waals surface area contributed by atoms with Crippen LogP contribution in [-0.4, -0.2) is 15.9 Å². The molecule has 3 aromatic rings. The van der Waals surface area contributed by atoms with E-state index in [0.29, 0.717) is 11.6 Å². The first-order valence-electron chi connectivity index (χ1n) is 8.49. The Labute approximate surface area is 170 Å². The van der Waals surface area contributed by atoms with Gasteiger partial charge in [-0.1, -0.05) is 17.7 Å². The second kappa shape index (κ2) is 8.08.